The zero-order valence-electron chi connectivity index (χ0n) is 11.1. The van der Waals surface area contributed by atoms with Crippen LogP contribution < -0.4 is 5.32 Å². The topological polar surface area (TPSA) is 37.8 Å². The lowest BCUT2D eigenvalue weighted by atomic mass is 10.1. The van der Waals surface area contributed by atoms with E-state index in [1.54, 1.807) is 0 Å². The molecule has 0 saturated heterocycles. The Bertz CT molecular complexity index is 483. The number of rotatable bonds is 3. The van der Waals surface area contributed by atoms with Gasteiger partial charge in [-0.3, -0.25) is 0 Å². The Balaban J connectivity index is 2.07. The smallest absolute Gasteiger partial charge is 0.159 e. The molecular formula is C15H19N3. The van der Waals surface area contributed by atoms with Gasteiger partial charge in [0.2, 0.25) is 0 Å². The van der Waals surface area contributed by atoms with Crippen molar-refractivity contribution >= 4 is 0 Å². The third-order valence-electron chi connectivity index (χ3n) is 2.56. The number of nitrogens with zero attached hydrogens (tertiary/aromatic N) is 2. The van der Waals surface area contributed by atoms with Crippen LogP contribution in [0.15, 0.2) is 42.7 Å². The molecule has 3 heteroatoms. The number of hydrogen-bond donors (Lipinski definition) is 1. The molecule has 1 heterocycles. The van der Waals surface area contributed by atoms with Gasteiger partial charge in [0.25, 0.3) is 0 Å². The van der Waals surface area contributed by atoms with Crippen molar-refractivity contribution in [1.82, 2.24) is 15.3 Å². The van der Waals surface area contributed by atoms with Crippen molar-refractivity contribution < 1.29 is 0 Å². The highest BCUT2D eigenvalue weighted by molar-refractivity contribution is 5.53. The molecular weight excluding hydrogens is 222 g/mol. The normalized spacial score (nSPS) is 11.5. The molecule has 0 fully saturated rings. The van der Waals surface area contributed by atoms with Gasteiger partial charge < -0.3 is 5.32 Å². The Hall–Kier alpha value is -1.74. The van der Waals surface area contributed by atoms with Gasteiger partial charge in [0.1, 0.15) is 0 Å². The number of nitrogens with one attached hydrogen (secondary N) is 1. The fourth-order valence-electron chi connectivity index (χ4n) is 1.55. The van der Waals surface area contributed by atoms with Crippen molar-refractivity contribution in [1.29, 1.82) is 0 Å². The van der Waals surface area contributed by atoms with Gasteiger partial charge in [0, 0.05) is 35.6 Å². The molecule has 0 bridgehead atoms. The SMILES string of the molecule is CC(C)(C)NCc1cnc(-c2ccccc2)nc1. The summed E-state index contributed by atoms with van der Waals surface area (Å²) in [5.41, 5.74) is 2.26. The maximum atomic E-state index is 4.40. The average molecular weight is 241 g/mol. The van der Waals surface area contributed by atoms with Gasteiger partial charge in [-0.15, -0.1) is 0 Å². The van der Waals surface area contributed by atoms with E-state index in [1.807, 2.05) is 42.7 Å². The second-order valence-electron chi connectivity index (χ2n) is 5.38. The van der Waals surface area contributed by atoms with Crippen LogP contribution in [-0.4, -0.2) is 15.5 Å². The Labute approximate surface area is 108 Å². The van der Waals surface area contributed by atoms with E-state index < -0.39 is 0 Å². The molecule has 0 aliphatic heterocycles. The standard InChI is InChI=1S/C15H19N3/c1-15(2,3)18-11-12-9-16-14(17-10-12)13-7-5-4-6-8-13/h4-10,18H,11H2,1-3H3. The highest BCUT2D eigenvalue weighted by Crippen LogP contribution is 2.13. The van der Waals surface area contributed by atoms with E-state index in [0.29, 0.717) is 0 Å². The molecule has 2 rings (SSSR count). The lowest BCUT2D eigenvalue weighted by Crippen LogP contribution is -2.35. The zero-order valence-corrected chi connectivity index (χ0v) is 11.1. The van der Waals surface area contributed by atoms with Crippen LogP contribution in [0.1, 0.15) is 26.3 Å². The molecule has 18 heavy (non-hydrogen) atoms. The Morgan fingerprint density at radius 3 is 2.17 bits per heavy atom. The van der Waals surface area contributed by atoms with Gasteiger partial charge in [0.15, 0.2) is 5.82 Å². The van der Waals surface area contributed by atoms with E-state index >= 15 is 0 Å². The molecule has 0 unspecified atom stereocenters. The van der Waals surface area contributed by atoms with Crippen LogP contribution in [-0.2, 0) is 6.54 Å². The summed E-state index contributed by atoms with van der Waals surface area (Å²) in [5.74, 6) is 0.773. The van der Waals surface area contributed by atoms with Crippen molar-refractivity contribution in [3.05, 3.63) is 48.3 Å². The second kappa shape index (κ2) is 5.27. The first-order valence-corrected chi connectivity index (χ1v) is 6.16. The molecule has 0 spiro atoms. The molecule has 0 aliphatic carbocycles. The predicted molar refractivity (Wildman–Crippen MR) is 74.1 cm³/mol. The molecule has 2 aromatic rings. The summed E-state index contributed by atoms with van der Waals surface area (Å²) in [5, 5.41) is 3.42. The van der Waals surface area contributed by atoms with Gasteiger partial charge in [-0.2, -0.15) is 0 Å². The summed E-state index contributed by atoms with van der Waals surface area (Å²) in [6.45, 7) is 7.23. The number of benzene rings is 1. The minimum Gasteiger partial charge on any atom is -0.308 e. The largest absolute Gasteiger partial charge is 0.308 e. The van der Waals surface area contributed by atoms with E-state index in [0.717, 1.165) is 23.5 Å². The minimum absolute atomic E-state index is 0.109. The first kappa shape index (κ1) is 12.7. The van der Waals surface area contributed by atoms with Crippen LogP contribution in [0.2, 0.25) is 0 Å². The van der Waals surface area contributed by atoms with Crippen LogP contribution in [0.5, 0.6) is 0 Å². The highest BCUT2D eigenvalue weighted by atomic mass is 15.0. The van der Waals surface area contributed by atoms with Crippen LogP contribution in [0.3, 0.4) is 0 Å². The lowest BCUT2D eigenvalue weighted by Gasteiger charge is -2.20. The number of hydrogen-bond acceptors (Lipinski definition) is 3. The van der Waals surface area contributed by atoms with E-state index in [2.05, 4.69) is 36.1 Å². The maximum Gasteiger partial charge on any atom is 0.159 e. The lowest BCUT2D eigenvalue weighted by molar-refractivity contribution is 0.423. The summed E-state index contributed by atoms with van der Waals surface area (Å²) < 4.78 is 0. The quantitative estimate of drug-likeness (QED) is 0.897. The molecule has 1 N–H and O–H groups in total. The molecule has 1 aromatic heterocycles. The summed E-state index contributed by atoms with van der Waals surface area (Å²) in [6, 6.07) is 10.0. The Kier molecular flexibility index (Phi) is 3.72. The van der Waals surface area contributed by atoms with Gasteiger partial charge >= 0.3 is 0 Å². The summed E-state index contributed by atoms with van der Waals surface area (Å²) in [7, 11) is 0. The average Bonchev–Trinajstić information content (AvgIpc) is 2.37. The second-order valence-corrected chi connectivity index (χ2v) is 5.38. The maximum absolute atomic E-state index is 4.40. The van der Waals surface area contributed by atoms with Crippen molar-refractivity contribution in [2.24, 2.45) is 0 Å². The molecule has 0 aliphatic rings. The Morgan fingerprint density at radius 1 is 1.00 bits per heavy atom. The fraction of sp³-hybridized carbons (Fsp3) is 0.333. The zero-order chi connectivity index (χ0) is 13.0. The van der Waals surface area contributed by atoms with E-state index in [-0.39, 0.29) is 5.54 Å². The third-order valence-corrected chi connectivity index (χ3v) is 2.56. The molecule has 0 atom stereocenters. The summed E-state index contributed by atoms with van der Waals surface area (Å²) >= 11 is 0. The third kappa shape index (κ3) is 3.64. The van der Waals surface area contributed by atoms with E-state index in [4.69, 9.17) is 0 Å². The highest BCUT2D eigenvalue weighted by Gasteiger charge is 2.08. The van der Waals surface area contributed by atoms with Crippen LogP contribution >= 0.6 is 0 Å². The van der Waals surface area contributed by atoms with Crippen LogP contribution in [0.4, 0.5) is 0 Å². The van der Waals surface area contributed by atoms with Crippen molar-refractivity contribution in [3.63, 3.8) is 0 Å². The first-order chi connectivity index (χ1) is 8.54. The molecule has 1 aromatic carbocycles. The first-order valence-electron chi connectivity index (χ1n) is 6.16. The van der Waals surface area contributed by atoms with Crippen LogP contribution in [0, 0.1) is 0 Å². The van der Waals surface area contributed by atoms with Crippen molar-refractivity contribution in [3.8, 4) is 11.4 Å². The van der Waals surface area contributed by atoms with Crippen molar-refractivity contribution in [2.75, 3.05) is 0 Å². The minimum atomic E-state index is 0.109. The molecule has 0 radical (unpaired) electrons. The Morgan fingerprint density at radius 2 is 1.61 bits per heavy atom. The molecule has 0 saturated carbocycles. The van der Waals surface area contributed by atoms with E-state index in [9.17, 15) is 0 Å². The van der Waals surface area contributed by atoms with E-state index in [1.165, 1.54) is 0 Å². The summed E-state index contributed by atoms with van der Waals surface area (Å²) in [6.07, 6.45) is 3.77. The van der Waals surface area contributed by atoms with Crippen LogP contribution in [0.25, 0.3) is 11.4 Å². The predicted octanol–water partition coefficient (Wildman–Crippen LogP) is 3.03. The molecule has 0 amide bonds. The summed E-state index contributed by atoms with van der Waals surface area (Å²) in [4.78, 5) is 8.80. The van der Waals surface area contributed by atoms with Gasteiger partial charge in [-0.1, -0.05) is 30.3 Å². The molecule has 94 valence electrons. The van der Waals surface area contributed by atoms with Gasteiger partial charge in [-0.25, -0.2) is 9.97 Å². The molecule has 3 nitrogen and oxygen atoms in total. The van der Waals surface area contributed by atoms with Crippen molar-refractivity contribution in [2.45, 2.75) is 32.9 Å². The van der Waals surface area contributed by atoms with Gasteiger partial charge in [0.05, 0.1) is 0 Å². The monoisotopic (exact) mass is 241 g/mol. The van der Waals surface area contributed by atoms with Gasteiger partial charge in [-0.05, 0) is 20.8 Å². The number of aromatic nitrogens is 2. The fourth-order valence-corrected chi connectivity index (χ4v) is 1.55.